The molecule has 1 N–H and O–H groups in total. The van der Waals surface area contributed by atoms with Crippen LogP contribution in [0, 0.1) is 11.6 Å². The smallest absolute Gasteiger partial charge is 0.256 e. The van der Waals surface area contributed by atoms with Crippen LogP contribution < -0.4 is 5.32 Å². The first kappa shape index (κ1) is 16.7. The molecule has 7 heteroatoms. The van der Waals surface area contributed by atoms with Gasteiger partial charge in [0.15, 0.2) is 0 Å². The van der Waals surface area contributed by atoms with E-state index >= 15 is 0 Å². The second-order valence-electron chi connectivity index (χ2n) is 6.44. The molecule has 0 radical (unpaired) electrons. The zero-order valence-electron chi connectivity index (χ0n) is 14.0. The summed E-state index contributed by atoms with van der Waals surface area (Å²) in [6.07, 6.45) is 0.232. The van der Waals surface area contributed by atoms with Gasteiger partial charge in [0.1, 0.15) is 17.7 Å². The Morgan fingerprint density at radius 3 is 2.65 bits per heavy atom. The van der Waals surface area contributed by atoms with Crippen molar-refractivity contribution in [3.63, 3.8) is 0 Å². The van der Waals surface area contributed by atoms with Crippen molar-refractivity contribution in [2.45, 2.75) is 18.6 Å². The molecule has 2 atom stereocenters. The van der Waals surface area contributed by atoms with Crippen molar-refractivity contribution in [3.8, 4) is 11.1 Å². The Morgan fingerprint density at radius 1 is 1.12 bits per heavy atom. The van der Waals surface area contributed by atoms with Crippen molar-refractivity contribution in [2.75, 3.05) is 19.0 Å². The number of nitrogens with one attached hydrogen (secondary N) is 1. The van der Waals surface area contributed by atoms with Crippen LogP contribution >= 0.6 is 0 Å². The zero-order valence-corrected chi connectivity index (χ0v) is 14.0. The summed E-state index contributed by atoms with van der Waals surface area (Å²) in [5.74, 6) is -1.96. The molecule has 1 fully saturated rings. The lowest BCUT2D eigenvalue weighted by atomic mass is 10.0. The van der Waals surface area contributed by atoms with Gasteiger partial charge in [-0.1, -0.05) is 6.07 Å². The van der Waals surface area contributed by atoms with Gasteiger partial charge in [0.2, 0.25) is 5.91 Å². The molecule has 2 heterocycles. The molecule has 134 valence electrons. The summed E-state index contributed by atoms with van der Waals surface area (Å²) in [5, 5.41) is 2.76. The van der Waals surface area contributed by atoms with E-state index in [0.717, 1.165) is 12.1 Å². The Labute approximate surface area is 148 Å². The second kappa shape index (κ2) is 6.17. The molecular formula is C19H16F2N2O3. The predicted octanol–water partition coefficient (Wildman–Crippen LogP) is 2.81. The van der Waals surface area contributed by atoms with Gasteiger partial charge in [-0.2, -0.15) is 0 Å². The number of nitrogens with zero attached hydrogens (tertiary/aromatic N) is 1. The largest absolute Gasteiger partial charge is 0.380 e. The Bertz CT molecular complexity index is 916. The molecule has 0 unspecified atom stereocenters. The molecule has 2 aromatic carbocycles. The molecule has 26 heavy (non-hydrogen) atoms. The van der Waals surface area contributed by atoms with E-state index in [1.54, 1.807) is 19.2 Å². The van der Waals surface area contributed by atoms with Crippen LogP contribution in [0.15, 0.2) is 36.4 Å². The van der Waals surface area contributed by atoms with Gasteiger partial charge in [0.05, 0.1) is 17.4 Å². The molecule has 2 aliphatic heterocycles. The van der Waals surface area contributed by atoms with Gasteiger partial charge in [0.25, 0.3) is 5.91 Å². The molecule has 0 aromatic heterocycles. The number of carbonyl (C=O) groups excluding carboxylic acids is 2. The first-order chi connectivity index (χ1) is 12.5. The maximum atomic E-state index is 14.1. The molecule has 2 amide bonds. The maximum Gasteiger partial charge on any atom is 0.256 e. The van der Waals surface area contributed by atoms with Crippen molar-refractivity contribution in [1.29, 1.82) is 0 Å². The Kier molecular flexibility index (Phi) is 3.96. The summed E-state index contributed by atoms with van der Waals surface area (Å²) in [7, 11) is 1.54. The van der Waals surface area contributed by atoms with Crippen LogP contribution in [0.2, 0.25) is 0 Å². The summed E-state index contributed by atoms with van der Waals surface area (Å²) in [6, 6.07) is 7.38. The van der Waals surface area contributed by atoms with Crippen LogP contribution in [0.3, 0.4) is 0 Å². The van der Waals surface area contributed by atoms with E-state index in [1.807, 2.05) is 0 Å². The molecule has 5 nitrogen and oxygen atoms in total. The highest BCUT2D eigenvalue weighted by atomic mass is 19.1. The number of ether oxygens (including phenoxy) is 1. The number of methoxy groups -OCH3 is 1. The van der Waals surface area contributed by atoms with E-state index in [0.29, 0.717) is 24.2 Å². The van der Waals surface area contributed by atoms with E-state index < -0.39 is 17.7 Å². The molecule has 2 aliphatic rings. The highest BCUT2D eigenvalue weighted by Gasteiger charge is 2.42. The normalized spacial score (nSPS) is 21.9. The fourth-order valence-electron chi connectivity index (χ4n) is 3.53. The maximum absolute atomic E-state index is 14.1. The summed E-state index contributed by atoms with van der Waals surface area (Å²) < 4.78 is 32.5. The monoisotopic (exact) mass is 358 g/mol. The number of rotatable bonds is 2. The second-order valence-corrected chi connectivity index (χ2v) is 6.44. The van der Waals surface area contributed by atoms with Gasteiger partial charge in [-0.15, -0.1) is 0 Å². The van der Waals surface area contributed by atoms with Crippen molar-refractivity contribution in [2.24, 2.45) is 0 Å². The minimum absolute atomic E-state index is 0.185. The van der Waals surface area contributed by atoms with Gasteiger partial charge >= 0.3 is 0 Å². The summed E-state index contributed by atoms with van der Waals surface area (Å²) in [6.45, 7) is 0.321. The molecule has 1 saturated heterocycles. The third-order valence-corrected chi connectivity index (χ3v) is 4.91. The van der Waals surface area contributed by atoms with Gasteiger partial charge in [-0.25, -0.2) is 8.78 Å². The molecule has 2 aromatic rings. The average Bonchev–Trinajstić information content (AvgIpc) is 3.03. The lowest BCUT2D eigenvalue weighted by molar-refractivity contribution is -0.119. The topological polar surface area (TPSA) is 58.6 Å². The molecule has 0 bridgehead atoms. The van der Waals surface area contributed by atoms with Gasteiger partial charge in [-0.05, 0) is 29.8 Å². The van der Waals surface area contributed by atoms with E-state index in [2.05, 4.69) is 5.32 Å². The highest BCUT2D eigenvalue weighted by molar-refractivity contribution is 6.10. The van der Waals surface area contributed by atoms with Crippen LogP contribution in [0.25, 0.3) is 11.1 Å². The first-order valence-corrected chi connectivity index (χ1v) is 8.22. The van der Waals surface area contributed by atoms with Crippen molar-refractivity contribution >= 4 is 17.5 Å². The van der Waals surface area contributed by atoms with Crippen LogP contribution in [0.1, 0.15) is 16.8 Å². The number of hydrogen-bond donors (Lipinski definition) is 1. The number of amides is 2. The number of anilines is 1. The van der Waals surface area contributed by atoms with Crippen LogP contribution in [0.5, 0.6) is 0 Å². The third-order valence-electron chi connectivity index (χ3n) is 4.91. The lowest BCUT2D eigenvalue weighted by Gasteiger charge is -2.20. The minimum Gasteiger partial charge on any atom is -0.380 e. The average molecular weight is 358 g/mol. The van der Waals surface area contributed by atoms with E-state index in [4.69, 9.17) is 4.74 Å². The zero-order chi connectivity index (χ0) is 18.4. The van der Waals surface area contributed by atoms with E-state index in [-0.39, 0.29) is 29.0 Å². The van der Waals surface area contributed by atoms with E-state index in [9.17, 15) is 18.4 Å². The standard InChI is InChI=1S/C19H16F2N2O3/c1-26-12-8-17-18(24)22-16-5-2-10(6-14(16)19(25)23(17)9-12)13-4-3-11(20)7-15(13)21/h2-7,12,17H,8-9H2,1H3,(H,22,24)/t12-,17+/m0/s1. The number of fused-ring (bicyclic) bond motifs is 2. The Morgan fingerprint density at radius 2 is 1.92 bits per heavy atom. The van der Waals surface area contributed by atoms with Crippen LogP contribution in [0.4, 0.5) is 14.5 Å². The molecule has 0 spiro atoms. The predicted molar refractivity (Wildman–Crippen MR) is 90.7 cm³/mol. The highest BCUT2D eigenvalue weighted by Crippen LogP contribution is 2.33. The van der Waals surface area contributed by atoms with Crippen molar-refractivity contribution < 1.29 is 23.1 Å². The Balaban J connectivity index is 1.77. The number of halogens is 2. The van der Waals surface area contributed by atoms with Crippen molar-refractivity contribution in [3.05, 3.63) is 53.6 Å². The van der Waals surface area contributed by atoms with Gasteiger partial charge < -0.3 is 15.0 Å². The molecular weight excluding hydrogens is 342 g/mol. The van der Waals surface area contributed by atoms with Crippen LogP contribution in [-0.4, -0.2) is 42.5 Å². The fraction of sp³-hybridized carbons (Fsp3) is 0.263. The lowest BCUT2D eigenvalue weighted by Crippen LogP contribution is -2.40. The van der Waals surface area contributed by atoms with Crippen LogP contribution in [-0.2, 0) is 9.53 Å². The van der Waals surface area contributed by atoms with Gasteiger partial charge in [0, 0.05) is 31.7 Å². The molecule has 4 rings (SSSR count). The van der Waals surface area contributed by atoms with E-state index in [1.165, 1.54) is 17.0 Å². The fourth-order valence-corrected chi connectivity index (χ4v) is 3.53. The third kappa shape index (κ3) is 2.64. The first-order valence-electron chi connectivity index (χ1n) is 8.22. The summed E-state index contributed by atoms with van der Waals surface area (Å²) in [4.78, 5) is 26.9. The molecule has 0 aliphatic carbocycles. The number of benzene rings is 2. The summed E-state index contributed by atoms with van der Waals surface area (Å²) >= 11 is 0. The Hall–Kier alpha value is -2.80. The SMILES string of the molecule is CO[C@H]1C[C@@H]2C(=O)Nc3ccc(-c4ccc(F)cc4F)cc3C(=O)N2C1. The molecule has 0 saturated carbocycles. The summed E-state index contributed by atoms with van der Waals surface area (Å²) in [5.41, 5.74) is 1.28. The number of carbonyl (C=O) groups is 2. The van der Waals surface area contributed by atoms with Crippen molar-refractivity contribution in [1.82, 2.24) is 4.90 Å². The minimum atomic E-state index is -0.714. The van der Waals surface area contributed by atoms with Gasteiger partial charge in [-0.3, -0.25) is 9.59 Å². The quantitative estimate of drug-likeness (QED) is 0.898. The number of hydrogen-bond acceptors (Lipinski definition) is 3.